The monoisotopic (exact) mass is 307 g/mol. The van der Waals surface area contributed by atoms with Gasteiger partial charge in [0.25, 0.3) is 11.6 Å². The van der Waals surface area contributed by atoms with Gasteiger partial charge in [-0.25, -0.2) is 0 Å². The molecular formula is C17H13N3O3. The maximum absolute atomic E-state index is 12.4. The van der Waals surface area contributed by atoms with E-state index in [1.165, 1.54) is 18.2 Å². The minimum absolute atomic E-state index is 0.0228. The number of nitrogens with zero attached hydrogens (tertiary/aromatic N) is 2. The Morgan fingerprint density at radius 3 is 2.65 bits per heavy atom. The fraction of sp³-hybridized carbons (Fsp3) is 0.0588. The highest BCUT2D eigenvalue weighted by molar-refractivity contribution is 6.10. The number of carbonyl (C=O) groups is 1. The molecule has 0 saturated carbocycles. The molecule has 23 heavy (non-hydrogen) atoms. The second-order valence-electron chi connectivity index (χ2n) is 5.05. The summed E-state index contributed by atoms with van der Waals surface area (Å²) in [7, 11) is 0. The molecule has 114 valence electrons. The second kappa shape index (κ2) is 5.84. The van der Waals surface area contributed by atoms with Crippen LogP contribution in [0.3, 0.4) is 0 Å². The van der Waals surface area contributed by atoms with E-state index in [1.807, 2.05) is 25.1 Å². The van der Waals surface area contributed by atoms with Crippen molar-refractivity contribution in [3.63, 3.8) is 0 Å². The fourth-order valence-electron chi connectivity index (χ4n) is 2.38. The standard InChI is InChI=1S/C17H13N3O3/c1-11-9-10-12-14(18-11)6-4-7-15(12)19-17(21)13-5-2-3-8-16(13)20(22)23/h2-10H,1H3,(H,19,21). The molecule has 0 fully saturated rings. The van der Waals surface area contributed by atoms with Gasteiger partial charge in [-0.3, -0.25) is 19.9 Å². The van der Waals surface area contributed by atoms with Crippen LogP contribution in [-0.4, -0.2) is 15.8 Å². The molecule has 1 amide bonds. The van der Waals surface area contributed by atoms with E-state index >= 15 is 0 Å². The first-order valence-electron chi connectivity index (χ1n) is 6.97. The summed E-state index contributed by atoms with van der Waals surface area (Å²) in [4.78, 5) is 27.3. The summed E-state index contributed by atoms with van der Waals surface area (Å²) >= 11 is 0. The van der Waals surface area contributed by atoms with Crippen molar-refractivity contribution in [1.82, 2.24) is 4.98 Å². The third-order valence-electron chi connectivity index (χ3n) is 3.46. The molecule has 0 unspecified atom stereocenters. The van der Waals surface area contributed by atoms with Crippen molar-refractivity contribution >= 4 is 28.2 Å². The van der Waals surface area contributed by atoms with E-state index in [4.69, 9.17) is 0 Å². The number of hydrogen-bond acceptors (Lipinski definition) is 4. The predicted octanol–water partition coefficient (Wildman–Crippen LogP) is 3.70. The normalized spacial score (nSPS) is 10.5. The smallest absolute Gasteiger partial charge is 0.282 e. The maximum Gasteiger partial charge on any atom is 0.282 e. The summed E-state index contributed by atoms with van der Waals surface area (Å²) in [6.07, 6.45) is 0. The number of para-hydroxylation sites is 1. The summed E-state index contributed by atoms with van der Waals surface area (Å²) in [5.41, 5.74) is 2.00. The lowest BCUT2D eigenvalue weighted by Gasteiger charge is -2.09. The quantitative estimate of drug-likeness (QED) is 0.590. The van der Waals surface area contributed by atoms with Gasteiger partial charge in [0, 0.05) is 17.1 Å². The lowest BCUT2D eigenvalue weighted by atomic mass is 10.1. The highest BCUT2D eigenvalue weighted by Crippen LogP contribution is 2.24. The average Bonchev–Trinajstić information content (AvgIpc) is 2.54. The number of nitro groups is 1. The Bertz CT molecular complexity index is 922. The third-order valence-corrected chi connectivity index (χ3v) is 3.46. The molecule has 0 aliphatic rings. The molecule has 0 bridgehead atoms. The van der Waals surface area contributed by atoms with Crippen LogP contribution in [0.2, 0.25) is 0 Å². The van der Waals surface area contributed by atoms with Gasteiger partial charge in [0.2, 0.25) is 0 Å². The number of carbonyl (C=O) groups excluding carboxylic acids is 1. The molecule has 1 heterocycles. The van der Waals surface area contributed by atoms with Crippen LogP contribution in [0.5, 0.6) is 0 Å². The molecule has 0 aliphatic heterocycles. The number of anilines is 1. The highest BCUT2D eigenvalue weighted by Gasteiger charge is 2.19. The number of aromatic nitrogens is 1. The van der Waals surface area contributed by atoms with Crippen molar-refractivity contribution in [2.75, 3.05) is 5.32 Å². The Kier molecular flexibility index (Phi) is 3.72. The lowest BCUT2D eigenvalue weighted by Crippen LogP contribution is -2.14. The number of rotatable bonds is 3. The van der Waals surface area contributed by atoms with E-state index in [9.17, 15) is 14.9 Å². The van der Waals surface area contributed by atoms with Crippen LogP contribution in [-0.2, 0) is 0 Å². The molecule has 0 radical (unpaired) electrons. The Hall–Kier alpha value is -3.28. The van der Waals surface area contributed by atoms with Crippen molar-refractivity contribution < 1.29 is 9.72 Å². The van der Waals surface area contributed by atoms with Crippen LogP contribution in [0.1, 0.15) is 16.1 Å². The zero-order valence-electron chi connectivity index (χ0n) is 12.3. The minimum Gasteiger partial charge on any atom is -0.321 e. The van der Waals surface area contributed by atoms with Gasteiger partial charge in [-0.05, 0) is 37.3 Å². The third kappa shape index (κ3) is 2.87. The van der Waals surface area contributed by atoms with Gasteiger partial charge in [-0.1, -0.05) is 18.2 Å². The lowest BCUT2D eigenvalue weighted by molar-refractivity contribution is -0.385. The number of aryl methyl sites for hydroxylation is 1. The first-order chi connectivity index (χ1) is 11.1. The first kappa shape index (κ1) is 14.6. The van der Waals surface area contributed by atoms with Crippen molar-refractivity contribution in [2.24, 2.45) is 0 Å². The van der Waals surface area contributed by atoms with Gasteiger partial charge < -0.3 is 5.32 Å². The summed E-state index contributed by atoms with van der Waals surface area (Å²) in [6.45, 7) is 1.89. The number of amides is 1. The Morgan fingerprint density at radius 1 is 1.09 bits per heavy atom. The Labute approximate surface area is 131 Å². The molecule has 1 aromatic heterocycles. The van der Waals surface area contributed by atoms with Gasteiger partial charge in [-0.2, -0.15) is 0 Å². The molecule has 1 N–H and O–H groups in total. The topological polar surface area (TPSA) is 85.1 Å². The van der Waals surface area contributed by atoms with Gasteiger partial charge in [0.1, 0.15) is 5.56 Å². The first-order valence-corrected chi connectivity index (χ1v) is 6.97. The van der Waals surface area contributed by atoms with Crippen LogP contribution < -0.4 is 5.32 Å². The van der Waals surface area contributed by atoms with E-state index in [0.717, 1.165) is 16.6 Å². The molecule has 2 aromatic carbocycles. The Morgan fingerprint density at radius 2 is 1.87 bits per heavy atom. The molecule has 0 spiro atoms. The largest absolute Gasteiger partial charge is 0.321 e. The average molecular weight is 307 g/mol. The number of pyridine rings is 1. The summed E-state index contributed by atoms with van der Waals surface area (Å²) in [6, 6.07) is 15.0. The van der Waals surface area contributed by atoms with Crippen LogP contribution >= 0.6 is 0 Å². The van der Waals surface area contributed by atoms with Crippen LogP contribution in [0.15, 0.2) is 54.6 Å². The van der Waals surface area contributed by atoms with E-state index < -0.39 is 10.8 Å². The Balaban J connectivity index is 2.00. The van der Waals surface area contributed by atoms with Gasteiger partial charge in [0.05, 0.1) is 16.1 Å². The van der Waals surface area contributed by atoms with E-state index in [2.05, 4.69) is 10.3 Å². The number of benzene rings is 2. The molecule has 0 aliphatic carbocycles. The highest BCUT2D eigenvalue weighted by atomic mass is 16.6. The van der Waals surface area contributed by atoms with Crippen molar-refractivity contribution in [3.8, 4) is 0 Å². The van der Waals surface area contributed by atoms with Crippen LogP contribution in [0, 0.1) is 17.0 Å². The fourth-order valence-corrected chi connectivity index (χ4v) is 2.38. The van der Waals surface area contributed by atoms with E-state index in [1.54, 1.807) is 18.2 Å². The summed E-state index contributed by atoms with van der Waals surface area (Å²) in [5, 5.41) is 14.6. The molecule has 0 atom stereocenters. The number of nitrogens with one attached hydrogen (secondary N) is 1. The number of nitro benzene ring substituents is 1. The van der Waals surface area contributed by atoms with E-state index in [0.29, 0.717) is 5.69 Å². The van der Waals surface area contributed by atoms with E-state index in [-0.39, 0.29) is 11.3 Å². The predicted molar refractivity (Wildman–Crippen MR) is 87.5 cm³/mol. The van der Waals surface area contributed by atoms with Gasteiger partial charge in [0.15, 0.2) is 0 Å². The van der Waals surface area contributed by atoms with Crippen molar-refractivity contribution in [3.05, 3.63) is 76.0 Å². The van der Waals surface area contributed by atoms with Crippen molar-refractivity contribution in [1.29, 1.82) is 0 Å². The zero-order chi connectivity index (χ0) is 16.4. The second-order valence-corrected chi connectivity index (χ2v) is 5.05. The van der Waals surface area contributed by atoms with Crippen LogP contribution in [0.4, 0.5) is 11.4 Å². The SMILES string of the molecule is Cc1ccc2c(NC(=O)c3ccccc3[N+](=O)[O-])cccc2n1. The molecule has 3 aromatic rings. The van der Waals surface area contributed by atoms with Crippen molar-refractivity contribution in [2.45, 2.75) is 6.92 Å². The molecule has 0 saturated heterocycles. The summed E-state index contributed by atoms with van der Waals surface area (Å²) < 4.78 is 0. The van der Waals surface area contributed by atoms with Crippen LogP contribution in [0.25, 0.3) is 10.9 Å². The number of hydrogen-bond donors (Lipinski definition) is 1. The number of fused-ring (bicyclic) bond motifs is 1. The van der Waals surface area contributed by atoms with Gasteiger partial charge >= 0.3 is 0 Å². The molecule has 6 heteroatoms. The van der Waals surface area contributed by atoms with Gasteiger partial charge in [-0.15, -0.1) is 0 Å². The molecule has 6 nitrogen and oxygen atoms in total. The zero-order valence-corrected chi connectivity index (χ0v) is 12.3. The maximum atomic E-state index is 12.4. The molecule has 3 rings (SSSR count). The minimum atomic E-state index is -0.567. The summed E-state index contributed by atoms with van der Waals surface area (Å²) in [5.74, 6) is -0.523. The molecular weight excluding hydrogens is 294 g/mol.